The number of phenols is 1. The maximum absolute atomic E-state index is 12.7. The Morgan fingerprint density at radius 3 is 1.84 bits per heavy atom. The van der Waals surface area contributed by atoms with Crippen LogP contribution in [0.3, 0.4) is 0 Å². The Morgan fingerprint density at radius 2 is 1.13 bits per heavy atom. The van der Waals surface area contributed by atoms with E-state index in [1.807, 2.05) is 30.5 Å². The Morgan fingerprint density at radius 1 is 0.507 bits per heavy atom. The van der Waals surface area contributed by atoms with E-state index in [2.05, 4.69) is 230 Å². The molecule has 0 atom stereocenters. The van der Waals surface area contributed by atoms with Crippen molar-refractivity contribution in [3.63, 3.8) is 0 Å². The number of hydrogen-bond acceptors (Lipinski definition) is 3. The van der Waals surface area contributed by atoms with Crippen molar-refractivity contribution in [2.24, 2.45) is 5.92 Å². The van der Waals surface area contributed by atoms with Crippen molar-refractivity contribution in [3.8, 4) is 78.6 Å². The third-order valence-corrected chi connectivity index (χ3v) is 15.6. The van der Waals surface area contributed by atoms with Crippen LogP contribution in [-0.2, 0) is 22.6 Å². The number of aromatic hydroxyl groups is 1. The molecule has 75 heavy (non-hydrogen) atoms. The Kier molecular flexibility index (Phi) is 12.4. The molecule has 1 aliphatic rings. The van der Waals surface area contributed by atoms with Gasteiger partial charge in [0.1, 0.15) is 11.6 Å². The summed E-state index contributed by atoms with van der Waals surface area (Å²) in [4.78, 5) is 10.8. The second-order valence-corrected chi connectivity index (χ2v) is 23.3. The summed E-state index contributed by atoms with van der Waals surface area (Å²) in [5.74, 6) is 0.763. The molecule has 2 aromatic heterocycles. The van der Waals surface area contributed by atoms with Gasteiger partial charge in [0.15, 0.2) is 0 Å². The fourth-order valence-electron chi connectivity index (χ4n) is 11.1. The van der Waals surface area contributed by atoms with E-state index in [1.54, 1.807) is 0 Å². The summed E-state index contributed by atoms with van der Waals surface area (Å²) < 4.78 is 21.4. The lowest BCUT2D eigenvalue weighted by atomic mass is 9.77. The van der Waals surface area contributed by atoms with E-state index >= 15 is 0 Å². The molecule has 0 radical (unpaired) electrons. The SMILES string of the molecule is [2H]C([2H])(c1ccc(-n2c(-c3cc(C(C)(C)C)cc(C(C)(C)C)c3O)nc3c(-c4cc(-c5ccccc5)cc(-c5cc(-c6cccc(C(C)(C)c7ccccc7)c6)ccn5)c4)cccc32)c(-c2ccccc2)c1)C1CCCC1. The van der Waals surface area contributed by atoms with Gasteiger partial charge in [-0.15, -0.1) is 0 Å². The van der Waals surface area contributed by atoms with Crippen LogP contribution in [0.1, 0.15) is 112 Å². The number of hydrogen-bond donors (Lipinski definition) is 1. The number of aromatic nitrogens is 3. The molecule has 0 amide bonds. The van der Waals surface area contributed by atoms with E-state index in [-0.39, 0.29) is 27.9 Å². The van der Waals surface area contributed by atoms with E-state index in [4.69, 9.17) is 9.97 Å². The number of phenolic OH excluding ortho intramolecular Hbond substituents is 1. The molecule has 2 heterocycles. The minimum absolute atomic E-state index is 0.0465. The number of nitrogens with zero attached hydrogens (tertiary/aromatic N) is 3. The van der Waals surface area contributed by atoms with Crippen LogP contribution in [0, 0.1) is 5.92 Å². The maximum atomic E-state index is 12.7. The molecule has 1 aliphatic carbocycles. The summed E-state index contributed by atoms with van der Waals surface area (Å²) in [6, 6.07) is 68.3. The number of benzene rings is 8. The number of imidazole rings is 1. The lowest BCUT2D eigenvalue weighted by Crippen LogP contribution is -2.18. The fraction of sp³-hybridized carbons (Fsp3) is 0.239. The first-order valence-corrected chi connectivity index (χ1v) is 26.8. The molecular weight excluding hydrogens is 911 g/mol. The molecule has 1 saturated carbocycles. The summed E-state index contributed by atoms with van der Waals surface area (Å²) in [6.45, 7) is 17.7. The zero-order valence-electron chi connectivity index (χ0n) is 46.7. The molecule has 0 aliphatic heterocycles. The van der Waals surface area contributed by atoms with Crippen molar-refractivity contribution >= 4 is 11.0 Å². The van der Waals surface area contributed by atoms with Gasteiger partial charge in [0.2, 0.25) is 0 Å². The monoisotopic (exact) mass is 982 g/mol. The van der Waals surface area contributed by atoms with E-state index in [9.17, 15) is 7.85 Å². The largest absolute Gasteiger partial charge is 0.507 e. The highest BCUT2D eigenvalue weighted by Gasteiger charge is 2.30. The molecule has 1 fully saturated rings. The number of rotatable bonds is 11. The zero-order chi connectivity index (χ0) is 53.9. The molecule has 0 bridgehead atoms. The smallest absolute Gasteiger partial charge is 0.149 e. The summed E-state index contributed by atoms with van der Waals surface area (Å²) in [5, 5.41) is 12.7. The number of para-hydroxylation sites is 1. The second kappa shape index (κ2) is 19.8. The molecule has 8 aromatic carbocycles. The van der Waals surface area contributed by atoms with Gasteiger partial charge in [-0.25, -0.2) is 4.98 Å². The highest BCUT2D eigenvalue weighted by atomic mass is 16.3. The van der Waals surface area contributed by atoms with E-state index in [0.717, 1.165) is 109 Å². The first kappa shape index (κ1) is 46.9. The quantitative estimate of drug-likeness (QED) is 0.140. The van der Waals surface area contributed by atoms with Crippen molar-refractivity contribution in [2.75, 3.05) is 0 Å². The average Bonchev–Trinajstić information content (AvgIpc) is 4.28. The molecule has 0 saturated heterocycles. The molecule has 1 N–H and O–H groups in total. The van der Waals surface area contributed by atoms with Crippen LogP contribution in [0.2, 0.25) is 0 Å². The van der Waals surface area contributed by atoms with Gasteiger partial charge in [-0.05, 0) is 133 Å². The van der Waals surface area contributed by atoms with Crippen LogP contribution in [0.4, 0.5) is 0 Å². The van der Waals surface area contributed by atoms with Crippen molar-refractivity contribution in [3.05, 3.63) is 228 Å². The van der Waals surface area contributed by atoms with Crippen molar-refractivity contribution in [1.29, 1.82) is 0 Å². The highest BCUT2D eigenvalue weighted by Crippen LogP contribution is 2.46. The summed E-state index contributed by atoms with van der Waals surface area (Å²) in [7, 11) is 0. The third kappa shape index (κ3) is 9.87. The summed E-state index contributed by atoms with van der Waals surface area (Å²) in [5.41, 5.74) is 17.4. The molecule has 0 spiro atoms. The van der Waals surface area contributed by atoms with Crippen molar-refractivity contribution in [1.82, 2.24) is 14.5 Å². The lowest BCUT2D eigenvalue weighted by molar-refractivity contribution is 0.446. The van der Waals surface area contributed by atoms with Gasteiger partial charge in [0.25, 0.3) is 0 Å². The molecule has 4 heteroatoms. The van der Waals surface area contributed by atoms with E-state index in [0.29, 0.717) is 17.0 Å². The Hall–Kier alpha value is -7.82. The normalized spacial score (nSPS) is 14.0. The predicted molar refractivity (Wildman–Crippen MR) is 315 cm³/mol. The van der Waals surface area contributed by atoms with Crippen molar-refractivity contribution in [2.45, 2.75) is 104 Å². The van der Waals surface area contributed by atoms with E-state index in [1.165, 1.54) is 11.1 Å². The van der Waals surface area contributed by atoms with Gasteiger partial charge in [-0.1, -0.05) is 221 Å². The lowest BCUT2D eigenvalue weighted by Gasteiger charge is -2.27. The molecular formula is C71H69N3O. The van der Waals surface area contributed by atoms with Crippen LogP contribution in [0.25, 0.3) is 83.9 Å². The Balaban J connectivity index is 1.15. The number of pyridine rings is 1. The second-order valence-electron chi connectivity index (χ2n) is 23.3. The molecule has 11 rings (SSSR count). The van der Waals surface area contributed by atoms with Gasteiger partial charge >= 0.3 is 0 Å². The standard InChI is InChI=1S/C71H69N3O/c1-69(2,3)58-45-61(67(75)62(46-58)70(4,5)6)68-73-66-59(32-21-33-65(66)74(68)64-35-34-48(38-47-22-18-19-23-47)39-60(64)50-26-14-10-15-27-50)54-40-53(49-24-12-9-13-25-49)41-55(42-54)63-44-52(36-37-72-63)51-28-20-31-57(43-51)71(7,8)56-29-16-11-17-30-56/h9-17,20-21,24-37,39-47,75H,18-19,22-23,38H2,1-8H3/i38D2. The molecule has 0 unspecified atom stereocenters. The minimum atomic E-state index is -1.51. The molecule has 4 nitrogen and oxygen atoms in total. The Labute approximate surface area is 447 Å². The van der Waals surface area contributed by atoms with Gasteiger partial charge in [0, 0.05) is 36.6 Å². The molecule has 374 valence electrons. The third-order valence-electron chi connectivity index (χ3n) is 15.6. The van der Waals surface area contributed by atoms with Crippen molar-refractivity contribution < 1.29 is 7.85 Å². The van der Waals surface area contributed by atoms with Gasteiger partial charge < -0.3 is 5.11 Å². The van der Waals surface area contributed by atoms with Gasteiger partial charge in [0.05, 0.1) is 28.0 Å². The highest BCUT2D eigenvalue weighted by molar-refractivity contribution is 5.98. The fourth-order valence-corrected chi connectivity index (χ4v) is 11.1. The van der Waals surface area contributed by atoms with Crippen LogP contribution >= 0.6 is 0 Å². The van der Waals surface area contributed by atoms with Crippen LogP contribution in [-0.4, -0.2) is 19.6 Å². The Bertz CT molecular complexity index is 3780. The predicted octanol–water partition coefficient (Wildman–Crippen LogP) is 18.8. The molecule has 10 aromatic rings. The topological polar surface area (TPSA) is 50.9 Å². The minimum Gasteiger partial charge on any atom is -0.507 e. The average molecular weight is 982 g/mol. The van der Waals surface area contributed by atoms with Gasteiger partial charge in [-0.2, -0.15) is 0 Å². The van der Waals surface area contributed by atoms with Gasteiger partial charge in [-0.3, -0.25) is 9.55 Å². The van der Waals surface area contributed by atoms with Crippen LogP contribution in [0.5, 0.6) is 5.75 Å². The number of fused-ring (bicyclic) bond motifs is 1. The van der Waals surface area contributed by atoms with Crippen LogP contribution in [0.15, 0.2) is 200 Å². The zero-order valence-corrected chi connectivity index (χ0v) is 44.7. The first-order valence-electron chi connectivity index (χ1n) is 27.8. The first-order chi connectivity index (χ1) is 36.9. The van der Waals surface area contributed by atoms with Crippen LogP contribution < -0.4 is 0 Å². The van der Waals surface area contributed by atoms with E-state index < -0.39 is 6.37 Å². The maximum Gasteiger partial charge on any atom is 0.149 e. The summed E-state index contributed by atoms with van der Waals surface area (Å²) >= 11 is 0. The summed E-state index contributed by atoms with van der Waals surface area (Å²) in [6.07, 6.45) is 4.27.